The molecular formula is C12H19Br2ClN8S2. The molecule has 2 aromatic rings. The molecule has 0 atom stereocenters. The van der Waals surface area contributed by atoms with Gasteiger partial charge in [0, 0.05) is 19.4 Å². The van der Waals surface area contributed by atoms with Crippen LogP contribution in [-0.4, -0.2) is 46.5 Å². The molecule has 25 heavy (non-hydrogen) atoms. The highest BCUT2D eigenvalue weighted by atomic mass is 79.9. The zero-order chi connectivity index (χ0) is 19.4. The Morgan fingerprint density at radius 1 is 1.08 bits per heavy atom. The first-order valence-electron chi connectivity index (χ1n) is 6.44. The van der Waals surface area contributed by atoms with Crippen molar-refractivity contribution in [1.82, 2.24) is 25.4 Å². The van der Waals surface area contributed by atoms with Crippen LogP contribution in [0.2, 0.25) is 5.15 Å². The van der Waals surface area contributed by atoms with E-state index in [1.54, 1.807) is 26.5 Å². The third-order valence-electron chi connectivity index (χ3n) is 2.08. The molecule has 0 aromatic carbocycles. The van der Waals surface area contributed by atoms with Gasteiger partial charge in [-0.25, -0.2) is 25.8 Å². The van der Waals surface area contributed by atoms with Crippen LogP contribution in [0.5, 0.6) is 0 Å². The van der Waals surface area contributed by atoms with Gasteiger partial charge in [-0.15, -0.1) is 0 Å². The van der Waals surface area contributed by atoms with Gasteiger partial charge in [0.05, 0.1) is 8.95 Å². The summed E-state index contributed by atoms with van der Waals surface area (Å²) >= 11 is 15.1. The molecule has 0 unspecified atom stereocenters. The lowest BCUT2D eigenvalue weighted by Crippen LogP contribution is -2.26. The van der Waals surface area contributed by atoms with Gasteiger partial charge in [0.2, 0.25) is 0 Å². The van der Waals surface area contributed by atoms with E-state index in [1.807, 2.05) is 12.5 Å². The fraction of sp³-hybridized carbons (Fsp3) is 0.333. The highest BCUT2D eigenvalue weighted by Crippen LogP contribution is 2.22. The second-order valence-electron chi connectivity index (χ2n) is 3.92. The largest absolute Gasteiger partial charge is 0.297 e. The van der Waals surface area contributed by atoms with E-state index in [2.05, 4.69) is 63.1 Å². The Hall–Kier alpha value is -0.210. The number of halogens is 3. The lowest BCUT2D eigenvalue weighted by atomic mass is 10.6. The Morgan fingerprint density at radius 3 is 1.92 bits per heavy atom. The van der Waals surface area contributed by atoms with Gasteiger partial charge in [0.15, 0.2) is 16.1 Å². The summed E-state index contributed by atoms with van der Waals surface area (Å²) in [7, 11) is 3.39. The third-order valence-corrected chi connectivity index (χ3v) is 4.86. The molecular weight excluding hydrogens is 516 g/mol. The van der Waals surface area contributed by atoms with E-state index >= 15 is 0 Å². The van der Waals surface area contributed by atoms with Gasteiger partial charge in [-0.05, 0) is 51.4 Å². The zero-order valence-corrected chi connectivity index (χ0v) is 19.6. The molecule has 8 nitrogen and oxygen atoms in total. The van der Waals surface area contributed by atoms with Crippen molar-refractivity contribution >= 4 is 72.8 Å². The molecule has 2 heterocycles. The van der Waals surface area contributed by atoms with E-state index in [0.717, 1.165) is 8.95 Å². The van der Waals surface area contributed by atoms with Crippen molar-refractivity contribution in [3.05, 3.63) is 26.5 Å². The van der Waals surface area contributed by atoms with Crippen LogP contribution in [0, 0.1) is 0 Å². The average molecular weight is 535 g/mol. The van der Waals surface area contributed by atoms with E-state index in [1.165, 1.54) is 28.5 Å². The number of nitrogens with two attached hydrogens (primary N) is 2. The van der Waals surface area contributed by atoms with E-state index < -0.39 is 0 Å². The van der Waals surface area contributed by atoms with Gasteiger partial charge in [-0.1, -0.05) is 35.1 Å². The number of thioether (sulfide) groups is 2. The highest BCUT2D eigenvalue weighted by molar-refractivity contribution is 9.11. The Balaban J connectivity index is 0.000000403. The van der Waals surface area contributed by atoms with Crippen molar-refractivity contribution in [2.45, 2.75) is 10.3 Å². The summed E-state index contributed by atoms with van der Waals surface area (Å²) in [6.07, 6.45) is 7.15. The fourth-order valence-corrected chi connectivity index (χ4v) is 2.64. The van der Waals surface area contributed by atoms with Crippen molar-refractivity contribution in [3.8, 4) is 0 Å². The second-order valence-corrected chi connectivity index (χ2v) is 7.54. The van der Waals surface area contributed by atoms with Crippen LogP contribution >= 0.6 is 67.0 Å². The maximum Gasteiger partial charge on any atom is 0.189 e. The smallest absolute Gasteiger partial charge is 0.189 e. The number of aromatic nitrogens is 4. The Bertz CT molecular complexity index is 651. The molecule has 0 aliphatic rings. The SMILES string of the molecule is CNN.CSc1ncc(Br)c(Cl)n1.CSc1ncc(Br)c(N(C)N)n1. The molecule has 0 spiro atoms. The summed E-state index contributed by atoms with van der Waals surface area (Å²) in [4.78, 5) is 16.2. The van der Waals surface area contributed by atoms with Crippen LogP contribution in [0.15, 0.2) is 31.7 Å². The summed E-state index contributed by atoms with van der Waals surface area (Å²) < 4.78 is 1.53. The van der Waals surface area contributed by atoms with Crippen molar-refractivity contribution in [1.29, 1.82) is 0 Å². The molecule has 0 bridgehead atoms. The standard InChI is InChI=1S/C6H9BrN4S.C5H4BrClN2S.CH6N2/c1-11(8)5-4(7)3-9-6(10-5)12-2;1-10-5-8-2-3(6)4(7)9-5;1-3-2/h3H,8H2,1-2H3;2H,1H3;3H,2H2,1H3. The van der Waals surface area contributed by atoms with Gasteiger partial charge in [0.1, 0.15) is 5.15 Å². The van der Waals surface area contributed by atoms with E-state index in [0.29, 0.717) is 21.3 Å². The number of hydrazine groups is 2. The third kappa shape index (κ3) is 9.89. The van der Waals surface area contributed by atoms with Crippen molar-refractivity contribution in [2.24, 2.45) is 11.7 Å². The number of rotatable bonds is 3. The minimum Gasteiger partial charge on any atom is -0.297 e. The van der Waals surface area contributed by atoms with Crippen LogP contribution in [0.25, 0.3) is 0 Å². The fourth-order valence-electron chi connectivity index (χ4n) is 1.12. The van der Waals surface area contributed by atoms with Crippen LogP contribution in [-0.2, 0) is 0 Å². The normalized spacial score (nSPS) is 9.48. The first-order valence-corrected chi connectivity index (χ1v) is 10.9. The maximum absolute atomic E-state index is 5.68. The molecule has 140 valence electrons. The molecule has 0 amide bonds. The molecule has 0 aliphatic carbocycles. The van der Waals surface area contributed by atoms with E-state index in [-0.39, 0.29) is 0 Å². The topological polar surface area (TPSA) is 119 Å². The Kier molecular flexibility index (Phi) is 13.8. The lowest BCUT2D eigenvalue weighted by Gasteiger charge is -2.12. The van der Waals surface area contributed by atoms with Gasteiger partial charge >= 0.3 is 0 Å². The molecule has 0 saturated carbocycles. The van der Waals surface area contributed by atoms with Crippen molar-refractivity contribution < 1.29 is 0 Å². The quantitative estimate of drug-likeness (QED) is 0.178. The number of anilines is 1. The average Bonchev–Trinajstić information content (AvgIpc) is 2.59. The minimum absolute atomic E-state index is 0.458. The number of nitrogens with zero attached hydrogens (tertiary/aromatic N) is 5. The molecule has 5 N–H and O–H groups in total. The molecule has 0 radical (unpaired) electrons. The van der Waals surface area contributed by atoms with Crippen LogP contribution in [0.1, 0.15) is 0 Å². The van der Waals surface area contributed by atoms with Gasteiger partial charge in [-0.3, -0.25) is 16.3 Å². The predicted octanol–water partition coefficient (Wildman–Crippen LogP) is 2.96. The van der Waals surface area contributed by atoms with Gasteiger partial charge in [-0.2, -0.15) is 0 Å². The Morgan fingerprint density at radius 2 is 1.52 bits per heavy atom. The molecule has 0 fully saturated rings. The Labute approximate surface area is 177 Å². The maximum atomic E-state index is 5.68. The van der Waals surface area contributed by atoms with Crippen molar-refractivity contribution in [3.63, 3.8) is 0 Å². The van der Waals surface area contributed by atoms with Crippen molar-refractivity contribution in [2.75, 3.05) is 31.6 Å². The number of hydrogen-bond donors (Lipinski definition) is 3. The van der Waals surface area contributed by atoms with Gasteiger partial charge < -0.3 is 0 Å². The summed E-state index contributed by atoms with van der Waals surface area (Å²) in [5, 5.41) is 3.31. The minimum atomic E-state index is 0.458. The first-order chi connectivity index (χ1) is 11.8. The summed E-state index contributed by atoms with van der Waals surface area (Å²) in [5.74, 6) is 10.8. The molecule has 2 rings (SSSR count). The van der Waals surface area contributed by atoms with Crippen LogP contribution < -0.4 is 22.1 Å². The van der Waals surface area contributed by atoms with E-state index in [4.69, 9.17) is 17.4 Å². The second kappa shape index (κ2) is 13.9. The van der Waals surface area contributed by atoms with E-state index in [9.17, 15) is 0 Å². The molecule has 0 saturated heterocycles. The summed E-state index contributed by atoms with van der Waals surface area (Å²) in [5.41, 5.74) is 2.25. The highest BCUT2D eigenvalue weighted by Gasteiger charge is 2.05. The monoisotopic (exact) mass is 532 g/mol. The van der Waals surface area contributed by atoms with Crippen LogP contribution in [0.3, 0.4) is 0 Å². The molecule has 2 aromatic heterocycles. The summed E-state index contributed by atoms with van der Waals surface area (Å²) in [6.45, 7) is 0. The number of nitrogens with one attached hydrogen (secondary N) is 1. The number of hydrogen-bond acceptors (Lipinski definition) is 10. The van der Waals surface area contributed by atoms with Crippen LogP contribution in [0.4, 0.5) is 5.82 Å². The first kappa shape index (κ1) is 24.8. The zero-order valence-electron chi connectivity index (χ0n) is 14.0. The van der Waals surface area contributed by atoms with Gasteiger partial charge in [0.25, 0.3) is 0 Å². The molecule has 13 heteroatoms. The summed E-state index contributed by atoms with van der Waals surface area (Å²) in [6, 6.07) is 0. The predicted molar refractivity (Wildman–Crippen MR) is 114 cm³/mol. The lowest BCUT2D eigenvalue weighted by molar-refractivity contribution is 0.889. The molecule has 0 aliphatic heterocycles.